The van der Waals surface area contributed by atoms with Gasteiger partial charge in [-0.2, -0.15) is 0 Å². The number of aromatic nitrogens is 2. The van der Waals surface area contributed by atoms with Crippen LogP contribution >= 0.6 is 0 Å². The zero-order valence-corrected chi connectivity index (χ0v) is 14.9. The molecule has 3 aliphatic rings. The van der Waals surface area contributed by atoms with Crippen molar-refractivity contribution >= 4 is 5.95 Å². The van der Waals surface area contributed by atoms with Crippen LogP contribution < -0.4 is 4.90 Å². The topological polar surface area (TPSA) is 35.5 Å². The molecule has 0 N–H and O–H groups in total. The molecule has 0 amide bonds. The van der Waals surface area contributed by atoms with Crippen LogP contribution in [0.4, 0.5) is 5.95 Å². The van der Waals surface area contributed by atoms with Gasteiger partial charge in [0.05, 0.1) is 5.69 Å². The zero-order chi connectivity index (χ0) is 16.2. The highest BCUT2D eigenvalue weighted by Crippen LogP contribution is 2.22. The van der Waals surface area contributed by atoms with Gasteiger partial charge < -0.3 is 9.80 Å². The van der Waals surface area contributed by atoms with E-state index < -0.39 is 0 Å². The highest BCUT2D eigenvalue weighted by Gasteiger charge is 2.24. The van der Waals surface area contributed by atoms with Crippen molar-refractivity contribution in [1.82, 2.24) is 19.8 Å². The molecule has 0 radical (unpaired) electrons. The minimum atomic E-state index is 0.844. The van der Waals surface area contributed by atoms with Crippen LogP contribution in [0, 0.1) is 5.92 Å². The molecular formula is C19H31N5. The van der Waals surface area contributed by atoms with Gasteiger partial charge in [0.25, 0.3) is 0 Å². The van der Waals surface area contributed by atoms with E-state index in [2.05, 4.69) is 25.8 Å². The van der Waals surface area contributed by atoms with Crippen LogP contribution in [-0.2, 0) is 6.54 Å². The summed E-state index contributed by atoms with van der Waals surface area (Å²) in [6.45, 7) is 9.62. The number of rotatable bonds is 5. The van der Waals surface area contributed by atoms with Crippen molar-refractivity contribution in [2.45, 2.75) is 45.1 Å². The first-order valence-electron chi connectivity index (χ1n) is 9.88. The molecule has 0 unspecified atom stereocenters. The number of likely N-dealkylation sites (tertiary alicyclic amines) is 2. The summed E-state index contributed by atoms with van der Waals surface area (Å²) in [6, 6.07) is 2.10. The van der Waals surface area contributed by atoms with Crippen molar-refractivity contribution in [3.05, 3.63) is 18.0 Å². The first-order valence-corrected chi connectivity index (χ1v) is 9.88. The SMILES string of the molecule is c1cc(CN2CCC[C@@H](CN3CCCC3)C2)nc(N2CCCC2)n1. The Morgan fingerprint density at radius 2 is 1.67 bits per heavy atom. The smallest absolute Gasteiger partial charge is 0.225 e. The second-order valence-corrected chi connectivity index (χ2v) is 7.79. The lowest BCUT2D eigenvalue weighted by molar-refractivity contribution is 0.136. The molecule has 1 aromatic rings. The van der Waals surface area contributed by atoms with Gasteiger partial charge in [-0.1, -0.05) is 0 Å². The fraction of sp³-hybridized carbons (Fsp3) is 0.789. The summed E-state index contributed by atoms with van der Waals surface area (Å²) in [5.41, 5.74) is 1.19. The number of piperidine rings is 1. The molecule has 0 spiro atoms. The van der Waals surface area contributed by atoms with Gasteiger partial charge >= 0.3 is 0 Å². The Labute approximate surface area is 146 Å². The lowest BCUT2D eigenvalue weighted by Crippen LogP contribution is -2.40. The Balaban J connectivity index is 1.33. The Hall–Kier alpha value is -1.20. The third-order valence-corrected chi connectivity index (χ3v) is 5.79. The van der Waals surface area contributed by atoms with Crippen molar-refractivity contribution in [1.29, 1.82) is 0 Å². The molecule has 4 heterocycles. The van der Waals surface area contributed by atoms with Crippen molar-refractivity contribution < 1.29 is 0 Å². The molecule has 132 valence electrons. The third-order valence-electron chi connectivity index (χ3n) is 5.79. The van der Waals surface area contributed by atoms with Crippen molar-refractivity contribution in [3.8, 4) is 0 Å². The summed E-state index contributed by atoms with van der Waals surface area (Å²) in [6.07, 6.45) is 10.0. The lowest BCUT2D eigenvalue weighted by atomic mass is 9.97. The van der Waals surface area contributed by atoms with Crippen LogP contribution in [0.15, 0.2) is 12.3 Å². The van der Waals surface area contributed by atoms with Crippen LogP contribution in [0.3, 0.4) is 0 Å². The van der Waals surface area contributed by atoms with E-state index in [4.69, 9.17) is 4.98 Å². The standard InChI is InChI=1S/C19H31N5/c1-2-10-22(9-1)14-17-6-5-11-23(15-17)16-18-7-8-20-19(21-18)24-12-3-4-13-24/h7-8,17H,1-6,9-16H2/t17-/m0/s1. The number of hydrogen-bond donors (Lipinski definition) is 0. The molecule has 1 atom stereocenters. The molecule has 4 rings (SSSR count). The van der Waals surface area contributed by atoms with E-state index in [0.29, 0.717) is 0 Å². The highest BCUT2D eigenvalue weighted by molar-refractivity contribution is 5.31. The Kier molecular flexibility index (Phi) is 5.28. The minimum absolute atomic E-state index is 0.844. The Morgan fingerprint density at radius 3 is 2.50 bits per heavy atom. The maximum atomic E-state index is 4.84. The predicted octanol–water partition coefficient (Wildman–Crippen LogP) is 2.38. The minimum Gasteiger partial charge on any atom is -0.341 e. The molecule has 5 heteroatoms. The summed E-state index contributed by atoms with van der Waals surface area (Å²) in [5.74, 6) is 1.78. The molecule has 3 aliphatic heterocycles. The van der Waals surface area contributed by atoms with E-state index in [1.807, 2.05) is 6.20 Å². The number of nitrogens with zero attached hydrogens (tertiary/aromatic N) is 5. The molecule has 1 aromatic heterocycles. The van der Waals surface area contributed by atoms with Gasteiger partial charge in [-0.25, -0.2) is 9.97 Å². The Bertz CT molecular complexity index is 522. The molecule has 0 aromatic carbocycles. The normalized spacial score (nSPS) is 26.3. The number of hydrogen-bond acceptors (Lipinski definition) is 5. The fourth-order valence-corrected chi connectivity index (χ4v) is 4.55. The van der Waals surface area contributed by atoms with Crippen LogP contribution in [-0.4, -0.2) is 65.6 Å². The molecular weight excluding hydrogens is 298 g/mol. The largest absolute Gasteiger partial charge is 0.341 e. The van der Waals surface area contributed by atoms with Crippen LogP contribution in [0.25, 0.3) is 0 Å². The van der Waals surface area contributed by atoms with Gasteiger partial charge in [0.1, 0.15) is 0 Å². The van der Waals surface area contributed by atoms with E-state index in [0.717, 1.165) is 31.5 Å². The van der Waals surface area contributed by atoms with Crippen LogP contribution in [0.5, 0.6) is 0 Å². The highest BCUT2D eigenvalue weighted by atomic mass is 15.3. The molecule has 3 saturated heterocycles. The van der Waals surface area contributed by atoms with Gasteiger partial charge in [0, 0.05) is 38.9 Å². The molecule has 3 fully saturated rings. The summed E-state index contributed by atoms with van der Waals surface area (Å²) in [5, 5.41) is 0. The molecule has 24 heavy (non-hydrogen) atoms. The van der Waals surface area contributed by atoms with E-state index >= 15 is 0 Å². The molecule has 0 saturated carbocycles. The maximum absolute atomic E-state index is 4.84. The van der Waals surface area contributed by atoms with Crippen LogP contribution in [0.1, 0.15) is 44.2 Å². The van der Waals surface area contributed by atoms with Crippen molar-refractivity contribution in [2.75, 3.05) is 50.7 Å². The molecule has 0 aliphatic carbocycles. The summed E-state index contributed by atoms with van der Waals surface area (Å²) >= 11 is 0. The summed E-state index contributed by atoms with van der Waals surface area (Å²) in [7, 11) is 0. The monoisotopic (exact) mass is 329 g/mol. The summed E-state index contributed by atoms with van der Waals surface area (Å²) < 4.78 is 0. The second-order valence-electron chi connectivity index (χ2n) is 7.79. The van der Waals surface area contributed by atoms with E-state index in [1.165, 1.54) is 76.9 Å². The maximum Gasteiger partial charge on any atom is 0.225 e. The fourth-order valence-electron chi connectivity index (χ4n) is 4.55. The van der Waals surface area contributed by atoms with E-state index in [-0.39, 0.29) is 0 Å². The average molecular weight is 329 g/mol. The predicted molar refractivity (Wildman–Crippen MR) is 97.2 cm³/mol. The van der Waals surface area contributed by atoms with Crippen molar-refractivity contribution in [2.24, 2.45) is 5.92 Å². The Morgan fingerprint density at radius 1 is 0.917 bits per heavy atom. The van der Waals surface area contributed by atoms with Crippen LogP contribution in [0.2, 0.25) is 0 Å². The van der Waals surface area contributed by atoms with Crippen molar-refractivity contribution in [3.63, 3.8) is 0 Å². The lowest BCUT2D eigenvalue weighted by Gasteiger charge is -2.34. The number of anilines is 1. The quantitative estimate of drug-likeness (QED) is 0.829. The average Bonchev–Trinajstić information content (AvgIpc) is 3.29. The van der Waals surface area contributed by atoms with Gasteiger partial charge in [-0.05, 0) is 70.1 Å². The van der Waals surface area contributed by atoms with Gasteiger partial charge in [-0.15, -0.1) is 0 Å². The zero-order valence-electron chi connectivity index (χ0n) is 14.9. The van der Waals surface area contributed by atoms with Gasteiger partial charge in [0.2, 0.25) is 5.95 Å². The summed E-state index contributed by atoms with van der Waals surface area (Å²) in [4.78, 5) is 16.9. The van der Waals surface area contributed by atoms with E-state index in [1.54, 1.807) is 0 Å². The first kappa shape index (κ1) is 16.3. The van der Waals surface area contributed by atoms with Gasteiger partial charge in [0.15, 0.2) is 0 Å². The molecule has 5 nitrogen and oxygen atoms in total. The second kappa shape index (κ2) is 7.79. The molecule has 0 bridgehead atoms. The van der Waals surface area contributed by atoms with Gasteiger partial charge in [-0.3, -0.25) is 4.90 Å². The van der Waals surface area contributed by atoms with E-state index in [9.17, 15) is 0 Å². The third kappa shape index (κ3) is 4.06. The first-order chi connectivity index (χ1) is 11.9.